The van der Waals surface area contributed by atoms with Crippen molar-refractivity contribution >= 4 is 6.03 Å². The van der Waals surface area contributed by atoms with Gasteiger partial charge in [0.25, 0.3) is 0 Å². The Balaban J connectivity index is 1.38. The summed E-state index contributed by atoms with van der Waals surface area (Å²) in [4.78, 5) is 18.6. The van der Waals surface area contributed by atoms with Crippen LogP contribution in [0.25, 0.3) is 0 Å². The summed E-state index contributed by atoms with van der Waals surface area (Å²) < 4.78 is 2.20. The second-order valence-corrected chi connectivity index (χ2v) is 6.33. The first-order valence-corrected chi connectivity index (χ1v) is 7.93. The third kappa shape index (κ3) is 3.75. The molecule has 6 heteroatoms. The minimum atomic E-state index is -0.0153. The number of aryl methyl sites for hydroxylation is 1. The van der Waals surface area contributed by atoms with E-state index in [1.807, 2.05) is 12.4 Å². The Morgan fingerprint density at radius 2 is 2.14 bits per heavy atom. The number of carbonyl (C=O) groups excluding carboxylic acids is 1. The van der Waals surface area contributed by atoms with Gasteiger partial charge in [-0.15, -0.1) is 0 Å². The summed E-state index contributed by atoms with van der Waals surface area (Å²) in [5, 5.41) is 6.13. The topological polar surface area (TPSA) is 62.2 Å². The van der Waals surface area contributed by atoms with Gasteiger partial charge in [-0.3, -0.25) is 0 Å². The number of likely N-dealkylation sites (tertiary alicyclic amines) is 1. The minimum Gasteiger partial charge on any atom is -0.338 e. The number of rotatable bonds is 3. The van der Waals surface area contributed by atoms with Gasteiger partial charge in [0, 0.05) is 37.9 Å². The summed E-state index contributed by atoms with van der Waals surface area (Å²) in [6.07, 6.45) is 8.05. The second-order valence-electron chi connectivity index (χ2n) is 6.33. The van der Waals surface area contributed by atoms with Gasteiger partial charge in [-0.05, 0) is 45.3 Å². The van der Waals surface area contributed by atoms with Gasteiger partial charge in [-0.1, -0.05) is 0 Å². The Labute approximate surface area is 125 Å². The maximum Gasteiger partial charge on any atom is 0.315 e. The third-order valence-corrected chi connectivity index (χ3v) is 4.66. The summed E-state index contributed by atoms with van der Waals surface area (Å²) >= 11 is 0. The fourth-order valence-corrected chi connectivity index (χ4v) is 3.22. The number of imidazole rings is 1. The summed E-state index contributed by atoms with van der Waals surface area (Å²) in [7, 11) is 2.13. The van der Waals surface area contributed by atoms with Gasteiger partial charge < -0.3 is 20.1 Å². The number of fused-ring (bicyclic) bond motifs is 1. The van der Waals surface area contributed by atoms with Crippen LogP contribution < -0.4 is 10.6 Å². The van der Waals surface area contributed by atoms with Crippen molar-refractivity contribution in [3.05, 3.63) is 18.2 Å². The van der Waals surface area contributed by atoms with Crippen LogP contribution in [0.15, 0.2) is 12.4 Å². The molecule has 0 saturated carbocycles. The fourth-order valence-electron chi connectivity index (χ4n) is 3.22. The van der Waals surface area contributed by atoms with E-state index in [1.54, 1.807) is 0 Å². The Bertz CT molecular complexity index is 478. The van der Waals surface area contributed by atoms with Crippen LogP contribution in [-0.4, -0.2) is 53.2 Å². The Morgan fingerprint density at radius 3 is 2.95 bits per heavy atom. The lowest BCUT2D eigenvalue weighted by atomic mass is 9.98. The van der Waals surface area contributed by atoms with Gasteiger partial charge in [-0.2, -0.15) is 0 Å². The number of urea groups is 1. The van der Waals surface area contributed by atoms with Crippen LogP contribution in [0, 0.1) is 5.92 Å². The van der Waals surface area contributed by atoms with Gasteiger partial charge in [0.15, 0.2) is 0 Å². The predicted octanol–water partition coefficient (Wildman–Crippen LogP) is 0.839. The molecule has 116 valence electrons. The van der Waals surface area contributed by atoms with Gasteiger partial charge >= 0.3 is 6.03 Å². The monoisotopic (exact) mass is 291 g/mol. The molecule has 3 rings (SSSR count). The second kappa shape index (κ2) is 6.47. The first kappa shape index (κ1) is 14.4. The molecular formula is C15H25N5O. The molecule has 2 aliphatic rings. The van der Waals surface area contributed by atoms with Gasteiger partial charge in [0.2, 0.25) is 0 Å². The van der Waals surface area contributed by atoms with Crippen LogP contribution in [-0.2, 0) is 13.0 Å². The van der Waals surface area contributed by atoms with E-state index in [9.17, 15) is 4.79 Å². The Morgan fingerprint density at radius 1 is 1.33 bits per heavy atom. The molecule has 0 unspecified atom stereocenters. The molecule has 1 atom stereocenters. The van der Waals surface area contributed by atoms with E-state index in [4.69, 9.17) is 0 Å². The van der Waals surface area contributed by atoms with Gasteiger partial charge in [0.05, 0.1) is 0 Å². The molecule has 1 saturated heterocycles. The highest BCUT2D eigenvalue weighted by Crippen LogP contribution is 2.18. The van der Waals surface area contributed by atoms with Crippen molar-refractivity contribution in [2.45, 2.75) is 38.3 Å². The smallest absolute Gasteiger partial charge is 0.315 e. The number of amides is 2. The molecule has 0 aliphatic carbocycles. The zero-order chi connectivity index (χ0) is 14.7. The van der Waals surface area contributed by atoms with E-state index in [0.717, 1.165) is 57.7 Å². The zero-order valence-corrected chi connectivity index (χ0v) is 12.7. The number of nitrogens with zero attached hydrogens (tertiary/aromatic N) is 3. The molecule has 2 N–H and O–H groups in total. The molecule has 1 aromatic rings. The van der Waals surface area contributed by atoms with Crippen LogP contribution in [0.4, 0.5) is 4.79 Å². The molecule has 0 spiro atoms. The molecule has 1 aromatic heterocycles. The molecule has 0 radical (unpaired) electrons. The van der Waals surface area contributed by atoms with Crippen molar-refractivity contribution in [3.8, 4) is 0 Å². The molecule has 0 aromatic carbocycles. The molecular weight excluding hydrogens is 266 g/mol. The number of hydrogen-bond donors (Lipinski definition) is 2. The first-order valence-electron chi connectivity index (χ1n) is 7.93. The highest BCUT2D eigenvalue weighted by Gasteiger charge is 2.21. The number of piperidine rings is 1. The summed E-state index contributed by atoms with van der Waals surface area (Å²) in [5.41, 5.74) is 0. The zero-order valence-electron chi connectivity index (χ0n) is 12.7. The van der Waals surface area contributed by atoms with Gasteiger partial charge in [0.1, 0.15) is 5.82 Å². The standard InChI is InChI=1S/C15H25N5O/c1-19-6-3-13(4-7-19)18-15(21)17-11-12-2-8-20-9-5-16-14(20)10-12/h5,9,12-13H,2-4,6-8,10-11H2,1H3,(H2,17,18,21)/t12-/m1/s1. The van der Waals surface area contributed by atoms with Crippen molar-refractivity contribution in [2.24, 2.45) is 5.92 Å². The van der Waals surface area contributed by atoms with Crippen molar-refractivity contribution < 1.29 is 4.79 Å². The van der Waals surface area contributed by atoms with Crippen molar-refractivity contribution in [1.82, 2.24) is 25.1 Å². The molecule has 2 aliphatic heterocycles. The molecule has 2 amide bonds. The van der Waals surface area contributed by atoms with E-state index in [0.29, 0.717) is 12.0 Å². The summed E-state index contributed by atoms with van der Waals surface area (Å²) in [5.74, 6) is 1.65. The average Bonchev–Trinajstić information content (AvgIpc) is 2.95. The highest BCUT2D eigenvalue weighted by atomic mass is 16.2. The number of carbonyl (C=O) groups is 1. The quantitative estimate of drug-likeness (QED) is 0.867. The van der Waals surface area contributed by atoms with Crippen LogP contribution in [0.2, 0.25) is 0 Å². The lowest BCUT2D eigenvalue weighted by Crippen LogP contribution is -2.48. The lowest BCUT2D eigenvalue weighted by Gasteiger charge is -2.30. The van der Waals surface area contributed by atoms with Crippen LogP contribution in [0.3, 0.4) is 0 Å². The molecule has 21 heavy (non-hydrogen) atoms. The van der Waals surface area contributed by atoms with E-state index in [2.05, 4.69) is 32.1 Å². The van der Waals surface area contributed by atoms with Gasteiger partial charge in [-0.25, -0.2) is 9.78 Å². The SMILES string of the molecule is CN1CCC(NC(=O)NC[C@@H]2CCn3ccnc3C2)CC1. The minimum absolute atomic E-state index is 0.0153. The fraction of sp³-hybridized carbons (Fsp3) is 0.733. The number of nitrogens with one attached hydrogen (secondary N) is 2. The maximum atomic E-state index is 12.0. The maximum absolute atomic E-state index is 12.0. The van der Waals surface area contributed by atoms with Crippen molar-refractivity contribution in [1.29, 1.82) is 0 Å². The summed E-state index contributed by atoms with van der Waals surface area (Å²) in [6, 6.07) is 0.310. The normalized spacial score (nSPS) is 23.6. The Kier molecular flexibility index (Phi) is 4.43. The summed E-state index contributed by atoms with van der Waals surface area (Å²) in [6.45, 7) is 3.88. The van der Waals surface area contributed by atoms with Crippen molar-refractivity contribution in [3.63, 3.8) is 0 Å². The third-order valence-electron chi connectivity index (χ3n) is 4.66. The lowest BCUT2D eigenvalue weighted by molar-refractivity contribution is 0.211. The molecule has 0 bridgehead atoms. The van der Waals surface area contributed by atoms with Crippen LogP contribution >= 0.6 is 0 Å². The van der Waals surface area contributed by atoms with E-state index >= 15 is 0 Å². The largest absolute Gasteiger partial charge is 0.338 e. The average molecular weight is 291 g/mol. The Hall–Kier alpha value is -1.56. The number of hydrogen-bond acceptors (Lipinski definition) is 3. The highest BCUT2D eigenvalue weighted by molar-refractivity contribution is 5.74. The molecule has 6 nitrogen and oxygen atoms in total. The number of aromatic nitrogens is 2. The van der Waals surface area contributed by atoms with Crippen LogP contribution in [0.1, 0.15) is 25.1 Å². The van der Waals surface area contributed by atoms with E-state index in [1.165, 1.54) is 0 Å². The predicted molar refractivity (Wildman–Crippen MR) is 81.1 cm³/mol. The van der Waals surface area contributed by atoms with Crippen LogP contribution in [0.5, 0.6) is 0 Å². The molecule has 3 heterocycles. The van der Waals surface area contributed by atoms with Crippen molar-refractivity contribution in [2.75, 3.05) is 26.7 Å². The first-order chi connectivity index (χ1) is 10.2. The van der Waals surface area contributed by atoms with E-state index in [-0.39, 0.29) is 6.03 Å². The molecule has 1 fully saturated rings. The van der Waals surface area contributed by atoms with E-state index < -0.39 is 0 Å².